The quantitative estimate of drug-likeness (QED) is 0.821. The summed E-state index contributed by atoms with van der Waals surface area (Å²) in [6.45, 7) is 2.40. The predicted octanol–water partition coefficient (Wildman–Crippen LogP) is 2.08. The van der Waals surface area contributed by atoms with Crippen LogP contribution in [0.2, 0.25) is 0 Å². The fourth-order valence-electron chi connectivity index (χ4n) is 2.16. The lowest BCUT2D eigenvalue weighted by atomic mass is 10.0. The summed E-state index contributed by atoms with van der Waals surface area (Å²) in [6.07, 6.45) is 0. The van der Waals surface area contributed by atoms with Crippen molar-refractivity contribution >= 4 is 11.8 Å². The standard InChI is InChI=1S/C18H20N2O3/c1-13(14-7-3-2-4-8-14)11-20-17(21)12-23-16-10-6-5-9-15(16)18(19)22/h2-10,13H,11-12H2,1H3,(H2,19,22)(H,20,21)/t13-/m1/s1. The Morgan fingerprint density at radius 2 is 1.74 bits per heavy atom. The van der Waals surface area contributed by atoms with E-state index in [2.05, 4.69) is 5.32 Å². The lowest BCUT2D eigenvalue weighted by Gasteiger charge is -2.14. The highest BCUT2D eigenvalue weighted by Gasteiger charge is 2.11. The first-order valence-corrected chi connectivity index (χ1v) is 7.41. The monoisotopic (exact) mass is 312 g/mol. The number of nitrogens with one attached hydrogen (secondary N) is 1. The highest BCUT2D eigenvalue weighted by atomic mass is 16.5. The van der Waals surface area contributed by atoms with E-state index in [1.807, 2.05) is 37.3 Å². The van der Waals surface area contributed by atoms with Crippen LogP contribution < -0.4 is 15.8 Å². The van der Waals surface area contributed by atoms with Gasteiger partial charge in [-0.1, -0.05) is 49.4 Å². The van der Waals surface area contributed by atoms with Crippen molar-refractivity contribution in [3.63, 3.8) is 0 Å². The molecular weight excluding hydrogens is 292 g/mol. The number of primary amides is 1. The number of benzene rings is 2. The van der Waals surface area contributed by atoms with Gasteiger partial charge in [0.1, 0.15) is 5.75 Å². The van der Waals surface area contributed by atoms with E-state index in [1.54, 1.807) is 24.3 Å². The van der Waals surface area contributed by atoms with Crippen LogP contribution in [0.25, 0.3) is 0 Å². The maximum atomic E-state index is 11.9. The number of ether oxygens (including phenoxy) is 1. The molecule has 1 atom stereocenters. The Morgan fingerprint density at radius 1 is 1.09 bits per heavy atom. The van der Waals surface area contributed by atoms with Crippen LogP contribution in [0.4, 0.5) is 0 Å². The summed E-state index contributed by atoms with van der Waals surface area (Å²) in [6, 6.07) is 16.5. The Hall–Kier alpha value is -2.82. The summed E-state index contributed by atoms with van der Waals surface area (Å²) in [5.74, 6) is -0.310. The van der Waals surface area contributed by atoms with E-state index in [-0.39, 0.29) is 24.0 Å². The maximum absolute atomic E-state index is 11.9. The molecule has 0 radical (unpaired) electrons. The molecule has 0 unspecified atom stereocenters. The minimum Gasteiger partial charge on any atom is -0.483 e. The van der Waals surface area contributed by atoms with Gasteiger partial charge < -0.3 is 15.8 Å². The van der Waals surface area contributed by atoms with E-state index in [4.69, 9.17) is 10.5 Å². The second-order valence-electron chi connectivity index (χ2n) is 5.26. The molecule has 3 N–H and O–H groups in total. The second-order valence-corrected chi connectivity index (χ2v) is 5.26. The topological polar surface area (TPSA) is 81.4 Å². The average molecular weight is 312 g/mol. The van der Waals surface area contributed by atoms with Crippen LogP contribution in [0.5, 0.6) is 5.75 Å². The van der Waals surface area contributed by atoms with Gasteiger partial charge in [-0.15, -0.1) is 0 Å². The molecule has 0 bridgehead atoms. The minimum absolute atomic E-state index is 0.161. The molecule has 0 aliphatic carbocycles. The Labute approximate surface area is 135 Å². The minimum atomic E-state index is -0.585. The zero-order valence-corrected chi connectivity index (χ0v) is 13.0. The van der Waals surface area contributed by atoms with E-state index >= 15 is 0 Å². The van der Waals surface area contributed by atoms with Crippen LogP contribution in [0, 0.1) is 0 Å². The van der Waals surface area contributed by atoms with Gasteiger partial charge in [0, 0.05) is 6.54 Å². The van der Waals surface area contributed by atoms with Crippen molar-refractivity contribution < 1.29 is 14.3 Å². The summed E-state index contributed by atoms with van der Waals surface area (Å²) in [7, 11) is 0. The molecule has 120 valence electrons. The SMILES string of the molecule is C[C@H](CNC(=O)COc1ccccc1C(N)=O)c1ccccc1. The van der Waals surface area contributed by atoms with E-state index in [1.165, 1.54) is 0 Å². The van der Waals surface area contributed by atoms with Gasteiger partial charge in [-0.2, -0.15) is 0 Å². The number of amides is 2. The Kier molecular flexibility index (Phi) is 5.74. The van der Waals surface area contributed by atoms with Crippen LogP contribution in [0.1, 0.15) is 28.8 Å². The van der Waals surface area contributed by atoms with Gasteiger partial charge in [0.15, 0.2) is 6.61 Å². The third-order valence-electron chi connectivity index (χ3n) is 3.49. The highest BCUT2D eigenvalue weighted by molar-refractivity contribution is 5.95. The van der Waals surface area contributed by atoms with Crippen molar-refractivity contribution in [1.29, 1.82) is 0 Å². The summed E-state index contributed by atoms with van der Waals surface area (Å²) in [5, 5.41) is 2.82. The number of carbonyl (C=O) groups is 2. The van der Waals surface area contributed by atoms with Gasteiger partial charge in [0.05, 0.1) is 5.56 Å². The van der Waals surface area contributed by atoms with Crippen LogP contribution >= 0.6 is 0 Å². The zero-order chi connectivity index (χ0) is 16.7. The molecule has 0 aliphatic rings. The lowest BCUT2D eigenvalue weighted by molar-refractivity contribution is -0.123. The number of para-hydroxylation sites is 1. The van der Waals surface area contributed by atoms with Crippen molar-refractivity contribution in [3.05, 3.63) is 65.7 Å². The van der Waals surface area contributed by atoms with Gasteiger partial charge in [-0.3, -0.25) is 9.59 Å². The van der Waals surface area contributed by atoms with E-state index in [9.17, 15) is 9.59 Å². The van der Waals surface area contributed by atoms with Crippen LogP contribution in [0.3, 0.4) is 0 Å². The molecule has 23 heavy (non-hydrogen) atoms. The summed E-state index contributed by atoms with van der Waals surface area (Å²) >= 11 is 0. The number of carbonyl (C=O) groups excluding carboxylic acids is 2. The maximum Gasteiger partial charge on any atom is 0.257 e. The van der Waals surface area contributed by atoms with Crippen LogP contribution in [0.15, 0.2) is 54.6 Å². The van der Waals surface area contributed by atoms with Crippen LogP contribution in [-0.2, 0) is 4.79 Å². The normalized spacial score (nSPS) is 11.5. The van der Waals surface area contributed by atoms with Crippen molar-refractivity contribution in [2.24, 2.45) is 5.73 Å². The van der Waals surface area contributed by atoms with Crippen molar-refractivity contribution in [2.75, 3.05) is 13.2 Å². The molecule has 5 nitrogen and oxygen atoms in total. The lowest BCUT2D eigenvalue weighted by Crippen LogP contribution is -2.32. The molecular formula is C18H20N2O3. The molecule has 0 heterocycles. The van der Waals surface area contributed by atoms with E-state index in [0.29, 0.717) is 12.3 Å². The van der Waals surface area contributed by atoms with Gasteiger partial charge in [-0.05, 0) is 23.6 Å². The summed E-state index contributed by atoms with van der Waals surface area (Å²) in [4.78, 5) is 23.2. The second kappa shape index (κ2) is 7.98. The molecule has 0 saturated carbocycles. The molecule has 2 aromatic carbocycles. The molecule has 0 spiro atoms. The number of hydrogen-bond acceptors (Lipinski definition) is 3. The van der Waals surface area contributed by atoms with Gasteiger partial charge in [0.2, 0.25) is 0 Å². The number of rotatable bonds is 7. The largest absolute Gasteiger partial charge is 0.483 e. The fourth-order valence-corrected chi connectivity index (χ4v) is 2.16. The van der Waals surface area contributed by atoms with Crippen molar-refractivity contribution in [1.82, 2.24) is 5.32 Å². The molecule has 2 amide bonds. The van der Waals surface area contributed by atoms with Crippen molar-refractivity contribution in [2.45, 2.75) is 12.8 Å². The first-order chi connectivity index (χ1) is 11.1. The predicted molar refractivity (Wildman–Crippen MR) is 88.3 cm³/mol. The summed E-state index contributed by atoms with van der Waals surface area (Å²) in [5.41, 5.74) is 6.69. The Balaban J connectivity index is 1.83. The highest BCUT2D eigenvalue weighted by Crippen LogP contribution is 2.17. The molecule has 0 fully saturated rings. The third kappa shape index (κ3) is 4.85. The smallest absolute Gasteiger partial charge is 0.257 e. The molecule has 0 aromatic heterocycles. The molecule has 2 aromatic rings. The van der Waals surface area contributed by atoms with Gasteiger partial charge in [0.25, 0.3) is 11.8 Å². The molecule has 0 saturated heterocycles. The number of nitrogens with two attached hydrogens (primary N) is 1. The van der Waals surface area contributed by atoms with Crippen molar-refractivity contribution in [3.8, 4) is 5.75 Å². The van der Waals surface area contributed by atoms with E-state index in [0.717, 1.165) is 5.56 Å². The number of hydrogen-bond donors (Lipinski definition) is 2. The Bertz CT molecular complexity index is 671. The van der Waals surface area contributed by atoms with Gasteiger partial charge >= 0.3 is 0 Å². The first kappa shape index (κ1) is 16.5. The third-order valence-corrected chi connectivity index (χ3v) is 3.49. The zero-order valence-electron chi connectivity index (χ0n) is 13.0. The van der Waals surface area contributed by atoms with E-state index < -0.39 is 5.91 Å². The summed E-state index contributed by atoms with van der Waals surface area (Å²) < 4.78 is 5.39. The molecule has 0 aliphatic heterocycles. The average Bonchev–Trinajstić information content (AvgIpc) is 2.58. The van der Waals surface area contributed by atoms with Crippen LogP contribution in [-0.4, -0.2) is 25.0 Å². The molecule has 2 rings (SSSR count). The molecule has 5 heteroatoms. The first-order valence-electron chi connectivity index (χ1n) is 7.41. The Morgan fingerprint density at radius 3 is 2.43 bits per heavy atom. The fraction of sp³-hybridized carbons (Fsp3) is 0.222. The van der Waals surface area contributed by atoms with Gasteiger partial charge in [-0.25, -0.2) is 0 Å².